The molecule has 1 aliphatic carbocycles. The van der Waals surface area contributed by atoms with Crippen LogP contribution in [-0.2, 0) is 9.59 Å². The zero-order valence-electron chi connectivity index (χ0n) is 13.3. The second kappa shape index (κ2) is 6.65. The van der Waals surface area contributed by atoms with Crippen molar-refractivity contribution >= 4 is 46.4 Å². The summed E-state index contributed by atoms with van der Waals surface area (Å²) in [6.45, 7) is 1.82. The van der Waals surface area contributed by atoms with Gasteiger partial charge >= 0.3 is 0 Å². The Morgan fingerprint density at radius 3 is 2.32 bits per heavy atom. The molecular weight excluding hydrogens is 366 g/mol. The van der Waals surface area contributed by atoms with Gasteiger partial charge in [0.2, 0.25) is 11.8 Å². The molecule has 0 atom stereocenters. The number of aryl methyl sites for hydroxylation is 1. The van der Waals surface area contributed by atoms with Gasteiger partial charge in [0.05, 0.1) is 5.02 Å². The number of carbonyl (C=O) groups excluding carboxylic acids is 2. The average Bonchev–Trinajstić information content (AvgIpc) is 3.35. The molecule has 1 aliphatic rings. The molecule has 2 aromatic rings. The third-order valence-electron chi connectivity index (χ3n) is 4.23. The first-order valence-corrected chi connectivity index (χ1v) is 8.41. The monoisotopic (exact) mass is 380 g/mol. The molecule has 0 spiro atoms. The van der Waals surface area contributed by atoms with Crippen LogP contribution in [0.1, 0.15) is 18.4 Å². The predicted molar refractivity (Wildman–Crippen MR) is 96.5 cm³/mol. The highest BCUT2D eigenvalue weighted by atomic mass is 35.5. The van der Waals surface area contributed by atoms with Gasteiger partial charge in [-0.1, -0.05) is 23.2 Å². The lowest BCUT2D eigenvalue weighted by atomic mass is 10.0. The smallest absolute Gasteiger partial charge is 0.240 e. The van der Waals surface area contributed by atoms with E-state index in [0.717, 1.165) is 11.6 Å². The van der Waals surface area contributed by atoms with Crippen LogP contribution in [0.25, 0.3) is 0 Å². The maximum Gasteiger partial charge on any atom is 0.240 e. The lowest BCUT2D eigenvalue weighted by Gasteiger charge is -2.16. The highest BCUT2D eigenvalue weighted by Gasteiger charge is 2.56. The quantitative estimate of drug-likeness (QED) is 0.748. The Morgan fingerprint density at radius 1 is 1.04 bits per heavy atom. The summed E-state index contributed by atoms with van der Waals surface area (Å²) in [5.41, 5.74) is 0.645. The number of halogens is 3. The van der Waals surface area contributed by atoms with Crippen molar-refractivity contribution in [2.45, 2.75) is 19.8 Å². The zero-order chi connectivity index (χ0) is 18.2. The number of hydrogen-bond donors (Lipinski definition) is 2. The maximum atomic E-state index is 13.2. The molecule has 0 unspecified atom stereocenters. The van der Waals surface area contributed by atoms with E-state index in [1.54, 1.807) is 18.2 Å². The fraction of sp³-hybridized carbons (Fsp3) is 0.222. The summed E-state index contributed by atoms with van der Waals surface area (Å²) < 4.78 is 13.2. The molecule has 2 aromatic carbocycles. The van der Waals surface area contributed by atoms with E-state index >= 15 is 0 Å². The van der Waals surface area contributed by atoms with Crippen LogP contribution < -0.4 is 10.6 Å². The van der Waals surface area contributed by atoms with Gasteiger partial charge in [0.25, 0.3) is 0 Å². The SMILES string of the molecule is Cc1cc(Cl)ccc1NC(=O)C1(C(=O)Nc2ccc(F)c(Cl)c2)CC1. The first-order valence-electron chi connectivity index (χ1n) is 7.66. The molecule has 0 aliphatic heterocycles. The number of benzene rings is 2. The van der Waals surface area contributed by atoms with Gasteiger partial charge < -0.3 is 10.6 Å². The number of anilines is 2. The summed E-state index contributed by atoms with van der Waals surface area (Å²) in [5, 5.41) is 5.89. The molecule has 1 saturated carbocycles. The minimum absolute atomic E-state index is 0.0936. The van der Waals surface area contributed by atoms with Crippen LogP contribution in [0.2, 0.25) is 10.0 Å². The van der Waals surface area contributed by atoms with Crippen molar-refractivity contribution in [2.75, 3.05) is 10.6 Å². The summed E-state index contributed by atoms with van der Waals surface area (Å²) in [7, 11) is 0. The Labute approximate surface area is 154 Å². The molecular formula is C18H15Cl2FN2O2. The number of amides is 2. The molecule has 7 heteroatoms. The Kier molecular flexibility index (Phi) is 4.71. The maximum absolute atomic E-state index is 13.2. The highest BCUT2D eigenvalue weighted by molar-refractivity contribution is 6.31. The molecule has 4 nitrogen and oxygen atoms in total. The number of hydrogen-bond acceptors (Lipinski definition) is 2. The molecule has 1 fully saturated rings. The summed E-state index contributed by atoms with van der Waals surface area (Å²) in [6.07, 6.45) is 0.901. The fourth-order valence-corrected chi connectivity index (χ4v) is 2.92. The van der Waals surface area contributed by atoms with E-state index in [1.807, 2.05) is 6.92 Å². The Balaban J connectivity index is 1.73. The standard InChI is InChI=1S/C18H15Cl2FN2O2/c1-10-8-11(19)2-5-15(10)23-17(25)18(6-7-18)16(24)22-12-3-4-14(21)13(20)9-12/h2-5,8-9H,6-7H2,1H3,(H,22,24)(H,23,25). The lowest BCUT2D eigenvalue weighted by molar-refractivity contribution is -0.131. The topological polar surface area (TPSA) is 58.2 Å². The van der Waals surface area contributed by atoms with Gasteiger partial charge in [-0.3, -0.25) is 9.59 Å². The Morgan fingerprint density at radius 2 is 1.72 bits per heavy atom. The summed E-state index contributed by atoms with van der Waals surface area (Å²) in [5.74, 6) is -1.38. The molecule has 25 heavy (non-hydrogen) atoms. The van der Waals surface area contributed by atoms with Crippen LogP contribution in [0, 0.1) is 18.2 Å². The van der Waals surface area contributed by atoms with Crippen molar-refractivity contribution in [2.24, 2.45) is 5.41 Å². The van der Waals surface area contributed by atoms with E-state index in [4.69, 9.17) is 23.2 Å². The van der Waals surface area contributed by atoms with Crippen molar-refractivity contribution in [1.29, 1.82) is 0 Å². The summed E-state index contributed by atoms with van der Waals surface area (Å²) in [4.78, 5) is 25.1. The zero-order valence-corrected chi connectivity index (χ0v) is 14.8. The van der Waals surface area contributed by atoms with E-state index in [0.29, 0.717) is 29.2 Å². The summed E-state index contributed by atoms with van der Waals surface area (Å²) in [6, 6.07) is 8.97. The molecule has 2 amide bonds. The van der Waals surface area contributed by atoms with E-state index in [2.05, 4.69) is 10.6 Å². The van der Waals surface area contributed by atoms with Crippen molar-refractivity contribution in [3.05, 3.63) is 57.8 Å². The van der Waals surface area contributed by atoms with Gasteiger partial charge in [-0.05, 0) is 61.7 Å². The molecule has 130 valence electrons. The molecule has 0 saturated heterocycles. The van der Waals surface area contributed by atoms with Crippen molar-refractivity contribution < 1.29 is 14.0 Å². The fourth-order valence-electron chi connectivity index (χ4n) is 2.52. The van der Waals surface area contributed by atoms with Gasteiger partial charge in [0, 0.05) is 16.4 Å². The third-order valence-corrected chi connectivity index (χ3v) is 4.76. The van der Waals surface area contributed by atoms with Crippen molar-refractivity contribution in [3.8, 4) is 0 Å². The van der Waals surface area contributed by atoms with E-state index < -0.39 is 17.1 Å². The van der Waals surface area contributed by atoms with Crippen molar-refractivity contribution in [3.63, 3.8) is 0 Å². The largest absolute Gasteiger partial charge is 0.325 e. The van der Waals surface area contributed by atoms with Gasteiger partial charge in [0.1, 0.15) is 11.2 Å². The molecule has 2 N–H and O–H groups in total. The first kappa shape index (κ1) is 17.7. The number of nitrogens with one attached hydrogen (secondary N) is 2. The van der Waals surface area contributed by atoms with Crippen LogP contribution in [0.4, 0.5) is 15.8 Å². The van der Waals surface area contributed by atoms with Gasteiger partial charge in [-0.25, -0.2) is 4.39 Å². The van der Waals surface area contributed by atoms with Crippen LogP contribution in [0.3, 0.4) is 0 Å². The predicted octanol–water partition coefficient (Wildman–Crippen LogP) is 4.80. The Bertz CT molecular complexity index is 866. The van der Waals surface area contributed by atoms with E-state index in [-0.39, 0.29) is 10.9 Å². The van der Waals surface area contributed by atoms with Gasteiger partial charge in [-0.15, -0.1) is 0 Å². The molecule has 3 rings (SSSR count). The van der Waals surface area contributed by atoms with Gasteiger partial charge in [-0.2, -0.15) is 0 Å². The second-order valence-corrected chi connectivity index (χ2v) is 6.92. The molecule has 0 bridgehead atoms. The second-order valence-electron chi connectivity index (χ2n) is 6.08. The Hall–Kier alpha value is -2.11. The lowest BCUT2D eigenvalue weighted by Crippen LogP contribution is -2.35. The van der Waals surface area contributed by atoms with Crippen LogP contribution in [0.15, 0.2) is 36.4 Å². The van der Waals surface area contributed by atoms with Crippen LogP contribution >= 0.6 is 23.2 Å². The summed E-state index contributed by atoms with van der Waals surface area (Å²) >= 11 is 11.6. The average molecular weight is 381 g/mol. The normalized spacial score (nSPS) is 14.7. The highest BCUT2D eigenvalue weighted by Crippen LogP contribution is 2.47. The van der Waals surface area contributed by atoms with Crippen LogP contribution in [0.5, 0.6) is 0 Å². The number of carbonyl (C=O) groups is 2. The minimum atomic E-state index is -1.12. The first-order chi connectivity index (χ1) is 11.8. The molecule has 0 aromatic heterocycles. The van der Waals surface area contributed by atoms with Crippen molar-refractivity contribution in [1.82, 2.24) is 0 Å². The minimum Gasteiger partial charge on any atom is -0.325 e. The number of rotatable bonds is 4. The molecule has 0 radical (unpaired) electrons. The van der Waals surface area contributed by atoms with E-state index in [9.17, 15) is 14.0 Å². The van der Waals surface area contributed by atoms with E-state index in [1.165, 1.54) is 12.1 Å². The third kappa shape index (κ3) is 3.62. The van der Waals surface area contributed by atoms with Crippen LogP contribution in [-0.4, -0.2) is 11.8 Å². The van der Waals surface area contributed by atoms with Gasteiger partial charge in [0.15, 0.2) is 0 Å². The molecule has 0 heterocycles.